The summed E-state index contributed by atoms with van der Waals surface area (Å²) in [5.74, 6) is -2.62. The van der Waals surface area contributed by atoms with Crippen molar-refractivity contribution in [3.05, 3.63) is 0 Å². The van der Waals surface area contributed by atoms with Crippen LogP contribution >= 0.6 is 30.4 Å². The maximum atomic E-state index is 11.1. The molecule has 0 atom stereocenters. The molecule has 0 unspecified atom stereocenters. The Kier molecular flexibility index (Phi) is 9.62. The molecule has 0 heterocycles. The highest BCUT2D eigenvalue weighted by Crippen LogP contribution is 2.75. The van der Waals surface area contributed by atoms with E-state index >= 15 is 0 Å². The first kappa shape index (κ1) is 29.7. The van der Waals surface area contributed by atoms with Crippen molar-refractivity contribution in [2.24, 2.45) is 11.5 Å². The predicted octanol–water partition coefficient (Wildman–Crippen LogP) is -3.14. The van der Waals surface area contributed by atoms with Crippen LogP contribution in [-0.4, -0.2) is 71.3 Å². The summed E-state index contributed by atoms with van der Waals surface area (Å²) in [6.07, 6.45) is -3.05. The highest BCUT2D eigenvalue weighted by molar-refractivity contribution is 7.74. The molecule has 0 aromatic rings. The Labute approximate surface area is 154 Å². The van der Waals surface area contributed by atoms with E-state index in [1.54, 1.807) is 0 Å². The minimum Gasteiger partial charge on any atom is -0.481 e. The van der Waals surface area contributed by atoms with Crippen LogP contribution in [0.1, 0.15) is 12.8 Å². The van der Waals surface area contributed by atoms with Gasteiger partial charge in [0.25, 0.3) is 0 Å². The van der Waals surface area contributed by atoms with Gasteiger partial charge < -0.3 is 60.8 Å². The van der Waals surface area contributed by atoms with Gasteiger partial charge in [-0.3, -0.25) is 27.8 Å². The molecule has 28 heavy (non-hydrogen) atoms. The molecule has 168 valence electrons. The fourth-order valence-electron chi connectivity index (χ4n) is 1.26. The lowest BCUT2D eigenvalue weighted by Gasteiger charge is -2.38. The van der Waals surface area contributed by atoms with E-state index in [2.05, 4.69) is 0 Å². The summed E-state index contributed by atoms with van der Waals surface area (Å²) >= 11 is 0. The average Bonchev–Trinajstić information content (AvgIpc) is 2.31. The van der Waals surface area contributed by atoms with Gasteiger partial charge in [0.2, 0.25) is 10.0 Å². The third kappa shape index (κ3) is 7.37. The quantitative estimate of drug-likeness (QED) is 0.116. The minimum atomic E-state index is -6.00. The van der Waals surface area contributed by atoms with Crippen LogP contribution in [0.4, 0.5) is 0 Å². The number of carboxylic acids is 2. The monoisotopic (exact) mass is 498 g/mol. The van der Waals surface area contributed by atoms with E-state index in [4.69, 9.17) is 60.8 Å². The molecule has 0 saturated carbocycles. The summed E-state index contributed by atoms with van der Waals surface area (Å²) in [6.45, 7) is 0. The van der Waals surface area contributed by atoms with Gasteiger partial charge in [0.1, 0.15) is 6.42 Å². The maximum absolute atomic E-state index is 11.1. The number of aliphatic carboxylic acids is 2. The molecule has 0 aromatic heterocycles. The average molecular weight is 498 g/mol. The van der Waals surface area contributed by atoms with Crippen LogP contribution in [0.15, 0.2) is 0 Å². The standard InChI is InChI=1S/C3H14N2O12P4.C3H4O4/c4-2(18(6,7)8,19(9,10)11)1-3(5,20(12,13)14)21(15,16)17;4-2(5)1-3(6)7/h1,4-5H2,(H2,6,7,8)(H2,9,10,11)(H2,12,13,14)(H2,15,16,17);1H2,(H,4,5)(H,6,7). The van der Waals surface area contributed by atoms with Crippen LogP contribution < -0.4 is 11.5 Å². The molecule has 0 radical (unpaired) electrons. The normalized spacial score (nSPS) is 14.1. The summed E-state index contributed by atoms with van der Waals surface area (Å²) in [4.78, 5) is 90.1. The molecule has 0 aliphatic rings. The Morgan fingerprint density at radius 2 is 0.786 bits per heavy atom. The first-order valence-electron chi connectivity index (χ1n) is 6.07. The van der Waals surface area contributed by atoms with Gasteiger partial charge in [-0.25, -0.2) is 0 Å². The Bertz CT molecular complexity index is 675. The van der Waals surface area contributed by atoms with Crippen LogP contribution in [-0.2, 0) is 27.8 Å². The predicted molar refractivity (Wildman–Crippen MR) is 86.5 cm³/mol. The number of carboxylic acid groups (broad SMARTS) is 2. The van der Waals surface area contributed by atoms with Gasteiger partial charge in [-0.1, -0.05) is 0 Å². The van der Waals surface area contributed by atoms with Crippen LogP contribution in [0.5, 0.6) is 0 Å². The molecule has 0 amide bonds. The van der Waals surface area contributed by atoms with E-state index in [0.29, 0.717) is 0 Å². The fourth-order valence-corrected chi connectivity index (χ4v) is 6.30. The van der Waals surface area contributed by atoms with Crippen molar-refractivity contribution in [2.75, 3.05) is 0 Å². The summed E-state index contributed by atoms with van der Waals surface area (Å²) < 4.78 is 44.6. The fraction of sp³-hybridized carbons (Fsp3) is 0.667. The van der Waals surface area contributed by atoms with E-state index < -0.39 is 65.2 Å². The second kappa shape index (κ2) is 9.08. The Hall–Kier alpha value is -0.540. The number of rotatable bonds is 8. The first-order valence-corrected chi connectivity index (χ1v) is 12.5. The van der Waals surface area contributed by atoms with Crippen molar-refractivity contribution in [2.45, 2.75) is 22.9 Å². The zero-order valence-corrected chi connectivity index (χ0v) is 16.9. The van der Waals surface area contributed by atoms with Crippen LogP contribution in [0.3, 0.4) is 0 Å². The van der Waals surface area contributed by atoms with Gasteiger partial charge >= 0.3 is 42.3 Å². The third-order valence-electron chi connectivity index (χ3n) is 2.84. The Morgan fingerprint density at radius 3 is 0.857 bits per heavy atom. The zero-order chi connectivity index (χ0) is 23.6. The van der Waals surface area contributed by atoms with Crippen molar-refractivity contribution in [1.29, 1.82) is 0 Å². The largest absolute Gasteiger partial charge is 0.481 e. The van der Waals surface area contributed by atoms with Crippen molar-refractivity contribution >= 4 is 42.3 Å². The molecule has 0 rings (SSSR count). The molecule has 0 saturated heterocycles. The smallest absolute Gasteiger partial charge is 0.357 e. The van der Waals surface area contributed by atoms with Gasteiger partial charge in [-0.15, -0.1) is 0 Å². The van der Waals surface area contributed by atoms with Gasteiger partial charge in [-0.05, 0) is 0 Å². The highest BCUT2D eigenvalue weighted by Gasteiger charge is 2.68. The van der Waals surface area contributed by atoms with Gasteiger partial charge in [0, 0.05) is 6.42 Å². The molecule has 0 aliphatic carbocycles. The number of hydrogen-bond donors (Lipinski definition) is 12. The number of hydrogen-bond acceptors (Lipinski definition) is 8. The minimum absolute atomic E-state index is 0.806. The second-order valence-electron chi connectivity index (χ2n) is 5.07. The van der Waals surface area contributed by atoms with Crippen LogP contribution in [0.2, 0.25) is 0 Å². The second-order valence-corrected chi connectivity index (χ2v) is 13.3. The van der Waals surface area contributed by atoms with Gasteiger partial charge in [-0.2, -0.15) is 0 Å². The van der Waals surface area contributed by atoms with Crippen molar-refractivity contribution in [1.82, 2.24) is 0 Å². The maximum Gasteiger partial charge on any atom is 0.357 e. The summed E-state index contributed by atoms with van der Waals surface area (Å²) in [5.41, 5.74) is 9.68. The molecule has 18 nitrogen and oxygen atoms in total. The lowest BCUT2D eigenvalue weighted by atomic mass is 10.4. The number of nitrogens with two attached hydrogens (primary N) is 2. The molecular weight excluding hydrogens is 480 g/mol. The molecule has 0 spiro atoms. The molecule has 0 fully saturated rings. The lowest BCUT2D eigenvalue weighted by molar-refractivity contribution is -0.147. The first-order chi connectivity index (χ1) is 11.8. The Balaban J connectivity index is 0. The van der Waals surface area contributed by atoms with Gasteiger partial charge in [0.05, 0.1) is 0 Å². The van der Waals surface area contributed by atoms with E-state index in [9.17, 15) is 27.8 Å². The van der Waals surface area contributed by atoms with E-state index in [-0.39, 0.29) is 0 Å². The third-order valence-corrected chi connectivity index (χ3v) is 10.6. The van der Waals surface area contributed by atoms with Gasteiger partial charge in [0.15, 0.2) is 0 Å². The molecule has 22 heteroatoms. The highest BCUT2D eigenvalue weighted by atomic mass is 31.2. The topological polar surface area (TPSA) is 357 Å². The molecule has 0 aliphatic heterocycles. The zero-order valence-electron chi connectivity index (χ0n) is 13.3. The van der Waals surface area contributed by atoms with E-state index in [0.717, 1.165) is 0 Å². The molecule has 0 aromatic carbocycles. The van der Waals surface area contributed by atoms with E-state index in [1.807, 2.05) is 0 Å². The van der Waals surface area contributed by atoms with Crippen LogP contribution in [0.25, 0.3) is 0 Å². The number of carbonyl (C=O) groups is 2. The van der Waals surface area contributed by atoms with Crippen LogP contribution in [0, 0.1) is 0 Å². The lowest BCUT2D eigenvalue weighted by Crippen LogP contribution is -2.51. The van der Waals surface area contributed by atoms with Crippen molar-refractivity contribution in [3.63, 3.8) is 0 Å². The molecule has 0 bridgehead atoms. The summed E-state index contributed by atoms with van der Waals surface area (Å²) in [7, 11) is -24.0. The molecular formula is C6H18N2O16P4. The van der Waals surface area contributed by atoms with E-state index in [1.165, 1.54) is 0 Å². The Morgan fingerprint density at radius 1 is 0.607 bits per heavy atom. The van der Waals surface area contributed by atoms with Crippen molar-refractivity contribution in [3.8, 4) is 0 Å². The summed E-state index contributed by atoms with van der Waals surface area (Å²) in [6, 6.07) is 0. The SMILES string of the molecule is NC(CC(N)(P(=O)(O)O)P(=O)(O)O)(P(=O)(O)O)P(=O)(O)O.O=C(O)CC(=O)O. The molecule has 14 N–H and O–H groups in total. The van der Waals surface area contributed by atoms with Crippen molar-refractivity contribution < 1.29 is 77.2 Å². The summed E-state index contributed by atoms with van der Waals surface area (Å²) in [5, 5.41) is 7.40.